The fourth-order valence-corrected chi connectivity index (χ4v) is 3.23. The standard InChI is InChI=1S/C22H21N5O4/c1-30-18-9-5-4-8-17(18)25-20(28)12-19-26-22(31-27-19)21(29)23-11-10-14-13-24-16-7-3-2-6-15(14)16/h2-9,13,24H,10-12H2,1H3,(H,23,29)(H,25,28). The molecule has 3 N–H and O–H groups in total. The summed E-state index contributed by atoms with van der Waals surface area (Å²) in [4.78, 5) is 31.7. The first kappa shape index (κ1) is 20.1. The zero-order valence-electron chi connectivity index (χ0n) is 16.8. The van der Waals surface area contributed by atoms with Crippen LogP contribution in [0, 0.1) is 0 Å². The third kappa shape index (κ3) is 4.72. The van der Waals surface area contributed by atoms with E-state index in [0.29, 0.717) is 24.4 Å². The molecular formula is C22H21N5O4. The van der Waals surface area contributed by atoms with Gasteiger partial charge in [-0.1, -0.05) is 35.5 Å². The van der Waals surface area contributed by atoms with Crippen molar-refractivity contribution in [1.82, 2.24) is 20.4 Å². The van der Waals surface area contributed by atoms with Crippen LogP contribution in [0.2, 0.25) is 0 Å². The van der Waals surface area contributed by atoms with E-state index < -0.39 is 5.91 Å². The second-order valence-corrected chi connectivity index (χ2v) is 6.81. The fraction of sp³-hybridized carbons (Fsp3) is 0.182. The predicted octanol–water partition coefficient (Wildman–Crippen LogP) is 2.71. The molecule has 0 aliphatic carbocycles. The smallest absolute Gasteiger partial charge is 0.315 e. The van der Waals surface area contributed by atoms with Gasteiger partial charge in [-0.25, -0.2) is 0 Å². The molecule has 0 aliphatic heterocycles. The Morgan fingerprint density at radius 3 is 2.81 bits per heavy atom. The van der Waals surface area contributed by atoms with E-state index in [2.05, 4.69) is 25.8 Å². The van der Waals surface area contributed by atoms with E-state index in [1.165, 1.54) is 7.11 Å². The van der Waals surface area contributed by atoms with Crippen LogP contribution in [0.5, 0.6) is 5.75 Å². The van der Waals surface area contributed by atoms with E-state index in [4.69, 9.17) is 9.26 Å². The number of nitrogens with one attached hydrogen (secondary N) is 3. The van der Waals surface area contributed by atoms with E-state index in [9.17, 15) is 9.59 Å². The number of anilines is 1. The first-order valence-electron chi connectivity index (χ1n) is 9.72. The molecule has 2 heterocycles. The molecule has 2 amide bonds. The first-order valence-corrected chi connectivity index (χ1v) is 9.72. The number of H-pyrrole nitrogens is 1. The molecule has 0 radical (unpaired) electrons. The minimum Gasteiger partial charge on any atom is -0.495 e. The van der Waals surface area contributed by atoms with Crippen LogP contribution in [-0.2, 0) is 17.6 Å². The lowest BCUT2D eigenvalue weighted by Gasteiger charge is -2.08. The summed E-state index contributed by atoms with van der Waals surface area (Å²) in [5.41, 5.74) is 2.70. The largest absolute Gasteiger partial charge is 0.495 e. The van der Waals surface area contributed by atoms with Gasteiger partial charge in [-0.15, -0.1) is 0 Å². The fourth-order valence-electron chi connectivity index (χ4n) is 3.23. The molecule has 2 aromatic heterocycles. The van der Waals surface area contributed by atoms with Crippen molar-refractivity contribution in [2.45, 2.75) is 12.8 Å². The van der Waals surface area contributed by atoms with E-state index in [1.54, 1.807) is 24.3 Å². The van der Waals surface area contributed by atoms with Crippen LogP contribution < -0.4 is 15.4 Å². The van der Waals surface area contributed by atoms with Gasteiger partial charge in [0.1, 0.15) is 5.75 Å². The Hall–Kier alpha value is -4.14. The van der Waals surface area contributed by atoms with Gasteiger partial charge in [0.2, 0.25) is 5.91 Å². The van der Waals surface area contributed by atoms with Crippen molar-refractivity contribution in [2.75, 3.05) is 19.0 Å². The van der Waals surface area contributed by atoms with Crippen molar-refractivity contribution in [3.63, 3.8) is 0 Å². The Morgan fingerprint density at radius 1 is 1.13 bits per heavy atom. The molecule has 9 heteroatoms. The van der Waals surface area contributed by atoms with E-state index in [0.717, 1.165) is 16.5 Å². The quantitative estimate of drug-likeness (QED) is 0.404. The molecule has 4 aromatic rings. The molecule has 0 unspecified atom stereocenters. The number of aromatic nitrogens is 3. The van der Waals surface area contributed by atoms with Crippen LogP contribution in [0.4, 0.5) is 5.69 Å². The van der Waals surface area contributed by atoms with Crippen molar-refractivity contribution in [1.29, 1.82) is 0 Å². The average molecular weight is 419 g/mol. The summed E-state index contributed by atoms with van der Waals surface area (Å²) in [5.74, 6) is -0.354. The van der Waals surface area contributed by atoms with Crippen LogP contribution >= 0.6 is 0 Å². The normalized spacial score (nSPS) is 10.7. The second-order valence-electron chi connectivity index (χ2n) is 6.81. The van der Waals surface area contributed by atoms with Crippen LogP contribution in [0.1, 0.15) is 22.1 Å². The van der Waals surface area contributed by atoms with E-state index >= 15 is 0 Å². The van der Waals surface area contributed by atoms with Crippen LogP contribution in [-0.4, -0.2) is 40.6 Å². The maximum atomic E-state index is 12.3. The van der Waals surface area contributed by atoms with Gasteiger partial charge in [0.25, 0.3) is 0 Å². The van der Waals surface area contributed by atoms with Crippen molar-refractivity contribution in [2.24, 2.45) is 0 Å². The zero-order chi connectivity index (χ0) is 21.6. The van der Waals surface area contributed by atoms with Gasteiger partial charge in [0.15, 0.2) is 5.82 Å². The van der Waals surface area contributed by atoms with E-state index in [1.807, 2.05) is 30.5 Å². The van der Waals surface area contributed by atoms with Crippen molar-refractivity contribution < 1.29 is 18.8 Å². The molecule has 0 aliphatic rings. The number of rotatable bonds is 8. The van der Waals surface area contributed by atoms with Crippen LogP contribution in [0.25, 0.3) is 10.9 Å². The third-order valence-electron chi connectivity index (χ3n) is 4.72. The number of carbonyl (C=O) groups is 2. The number of aromatic amines is 1. The summed E-state index contributed by atoms with van der Waals surface area (Å²) >= 11 is 0. The SMILES string of the molecule is COc1ccccc1NC(=O)Cc1noc(C(=O)NCCc2c[nH]c3ccccc23)n1. The Labute approximate surface area is 177 Å². The molecule has 4 rings (SSSR count). The van der Waals surface area contributed by atoms with Gasteiger partial charge >= 0.3 is 11.8 Å². The number of methoxy groups -OCH3 is 1. The predicted molar refractivity (Wildman–Crippen MR) is 114 cm³/mol. The number of hydrogen-bond acceptors (Lipinski definition) is 6. The Balaban J connectivity index is 1.29. The molecule has 158 valence electrons. The number of fused-ring (bicyclic) bond motifs is 1. The molecule has 9 nitrogen and oxygen atoms in total. The molecule has 2 aromatic carbocycles. The van der Waals surface area contributed by atoms with Crippen molar-refractivity contribution in [3.8, 4) is 5.75 Å². The van der Waals surface area contributed by atoms with Gasteiger partial charge in [0, 0.05) is 23.6 Å². The lowest BCUT2D eigenvalue weighted by atomic mass is 10.1. The number of para-hydroxylation sites is 3. The molecule has 31 heavy (non-hydrogen) atoms. The third-order valence-corrected chi connectivity index (χ3v) is 4.72. The maximum absolute atomic E-state index is 12.3. The molecule has 0 atom stereocenters. The molecular weight excluding hydrogens is 398 g/mol. The highest BCUT2D eigenvalue weighted by Gasteiger charge is 2.17. The van der Waals surface area contributed by atoms with Gasteiger partial charge in [-0.2, -0.15) is 4.98 Å². The van der Waals surface area contributed by atoms with Gasteiger partial charge < -0.3 is 24.9 Å². The van der Waals surface area contributed by atoms with E-state index in [-0.39, 0.29) is 24.0 Å². The highest BCUT2D eigenvalue weighted by molar-refractivity contribution is 5.93. The van der Waals surface area contributed by atoms with Crippen LogP contribution in [0.3, 0.4) is 0 Å². The highest BCUT2D eigenvalue weighted by atomic mass is 16.5. The molecule has 0 saturated carbocycles. The number of nitrogens with zero attached hydrogens (tertiary/aromatic N) is 2. The Morgan fingerprint density at radius 2 is 1.94 bits per heavy atom. The van der Waals surface area contributed by atoms with Gasteiger partial charge in [-0.3, -0.25) is 9.59 Å². The first-order chi connectivity index (χ1) is 15.1. The summed E-state index contributed by atoms with van der Waals surface area (Å²) < 4.78 is 10.2. The maximum Gasteiger partial charge on any atom is 0.315 e. The second kappa shape index (κ2) is 9.12. The lowest BCUT2D eigenvalue weighted by Crippen LogP contribution is -2.26. The minimum atomic E-state index is -0.483. The minimum absolute atomic E-state index is 0.120. The molecule has 0 saturated heterocycles. The zero-order valence-corrected chi connectivity index (χ0v) is 16.8. The van der Waals surface area contributed by atoms with Crippen molar-refractivity contribution >= 4 is 28.4 Å². The topological polar surface area (TPSA) is 122 Å². The highest BCUT2D eigenvalue weighted by Crippen LogP contribution is 2.23. The number of hydrogen-bond donors (Lipinski definition) is 3. The summed E-state index contributed by atoms with van der Waals surface area (Å²) in [6.45, 7) is 0.409. The van der Waals surface area contributed by atoms with Gasteiger partial charge in [-0.05, 0) is 30.2 Å². The summed E-state index contributed by atoms with van der Waals surface area (Å²) in [6, 6.07) is 15.0. The lowest BCUT2D eigenvalue weighted by molar-refractivity contribution is -0.115. The summed E-state index contributed by atoms with van der Waals surface area (Å²) in [7, 11) is 1.52. The monoisotopic (exact) mass is 419 g/mol. The number of carbonyl (C=O) groups excluding carboxylic acids is 2. The summed E-state index contributed by atoms with van der Waals surface area (Å²) in [6.07, 6.45) is 2.45. The Bertz CT molecular complexity index is 1210. The number of ether oxygens (including phenoxy) is 1. The van der Waals surface area contributed by atoms with Crippen LogP contribution in [0.15, 0.2) is 59.3 Å². The molecule has 0 spiro atoms. The number of benzene rings is 2. The van der Waals surface area contributed by atoms with Gasteiger partial charge in [0.05, 0.1) is 19.2 Å². The molecule has 0 fully saturated rings. The molecule has 0 bridgehead atoms. The Kier molecular flexibility index (Phi) is 5.93. The number of amides is 2. The average Bonchev–Trinajstić information content (AvgIpc) is 3.41. The summed E-state index contributed by atoms with van der Waals surface area (Å²) in [5, 5.41) is 10.3. The van der Waals surface area contributed by atoms with Crippen molar-refractivity contribution in [3.05, 3.63) is 72.0 Å².